The second-order valence-corrected chi connectivity index (χ2v) is 8.55. The number of likely N-dealkylation sites (tertiary alicyclic amines) is 2. The summed E-state index contributed by atoms with van der Waals surface area (Å²) in [4.78, 5) is 37.5. The number of aliphatic hydroxyl groups is 1. The van der Waals surface area contributed by atoms with E-state index in [1.54, 1.807) is 29.4 Å². The Bertz CT molecular complexity index is 1020. The number of hydrogen-bond acceptors (Lipinski definition) is 5. The summed E-state index contributed by atoms with van der Waals surface area (Å²) in [7, 11) is 0. The molecule has 4 heterocycles. The molecular weight excluding hydrogens is 392 g/mol. The second kappa shape index (κ2) is 8.67. The molecule has 2 fully saturated rings. The van der Waals surface area contributed by atoms with Gasteiger partial charge in [0.25, 0.3) is 11.7 Å². The maximum atomic E-state index is 13.1. The van der Waals surface area contributed by atoms with Gasteiger partial charge in [-0.05, 0) is 70.0 Å². The molecule has 0 aromatic carbocycles. The lowest BCUT2D eigenvalue weighted by Crippen LogP contribution is -2.39. The van der Waals surface area contributed by atoms with Crippen molar-refractivity contribution in [2.45, 2.75) is 46.1 Å². The number of rotatable bonds is 5. The number of carbonyl (C=O) groups is 2. The number of aliphatic hydroxyl groups excluding tert-OH is 1. The fourth-order valence-corrected chi connectivity index (χ4v) is 4.83. The molecule has 2 aromatic heterocycles. The predicted octanol–water partition coefficient (Wildman–Crippen LogP) is 3.24. The Morgan fingerprint density at radius 3 is 2.35 bits per heavy atom. The van der Waals surface area contributed by atoms with Crippen LogP contribution in [0.2, 0.25) is 0 Å². The van der Waals surface area contributed by atoms with Crippen LogP contribution in [0, 0.1) is 20.8 Å². The summed E-state index contributed by atoms with van der Waals surface area (Å²) in [6.07, 6.45) is 6.87. The Morgan fingerprint density at radius 1 is 1.06 bits per heavy atom. The smallest absolute Gasteiger partial charge is 0.295 e. The first-order valence-electron chi connectivity index (χ1n) is 11.0. The van der Waals surface area contributed by atoms with Crippen molar-refractivity contribution < 1.29 is 14.7 Å². The number of hydrogen-bond donors (Lipinski definition) is 2. The highest BCUT2D eigenvalue weighted by molar-refractivity contribution is 6.46. The summed E-state index contributed by atoms with van der Waals surface area (Å²) in [6.45, 7) is 8.89. The zero-order chi connectivity index (χ0) is 22.1. The molecule has 2 saturated heterocycles. The molecule has 0 saturated carbocycles. The van der Waals surface area contributed by atoms with Crippen molar-refractivity contribution in [2.75, 3.05) is 26.2 Å². The van der Waals surface area contributed by atoms with E-state index >= 15 is 0 Å². The van der Waals surface area contributed by atoms with Crippen molar-refractivity contribution in [1.82, 2.24) is 19.8 Å². The summed E-state index contributed by atoms with van der Waals surface area (Å²) in [6, 6.07) is 2.99. The Balaban J connectivity index is 1.76. The van der Waals surface area contributed by atoms with Crippen molar-refractivity contribution in [3.8, 4) is 0 Å². The molecule has 2 N–H and O–H groups in total. The van der Waals surface area contributed by atoms with Gasteiger partial charge in [-0.1, -0.05) is 6.42 Å². The molecule has 7 heteroatoms. The Kier molecular flexibility index (Phi) is 5.96. The molecule has 2 aliphatic rings. The number of Topliss-reactive ketones (excluding diaryl/α,β-unsaturated/α-hetero) is 1. The molecule has 1 atom stereocenters. The molecule has 2 aromatic rings. The summed E-state index contributed by atoms with van der Waals surface area (Å²) in [5, 5.41) is 11.3. The lowest BCUT2D eigenvalue weighted by atomic mass is 9.94. The van der Waals surface area contributed by atoms with E-state index in [4.69, 9.17) is 0 Å². The maximum absolute atomic E-state index is 13.1. The summed E-state index contributed by atoms with van der Waals surface area (Å²) in [5.41, 5.74) is 4.12. The summed E-state index contributed by atoms with van der Waals surface area (Å²) < 4.78 is 0. The topological polar surface area (TPSA) is 89.5 Å². The van der Waals surface area contributed by atoms with Crippen LogP contribution in [0.25, 0.3) is 5.76 Å². The molecule has 1 amide bonds. The Labute approximate surface area is 182 Å². The average Bonchev–Trinajstić information content (AvgIpc) is 3.18. The van der Waals surface area contributed by atoms with Crippen molar-refractivity contribution in [1.29, 1.82) is 0 Å². The average molecular weight is 423 g/mol. The highest BCUT2D eigenvalue weighted by Gasteiger charge is 2.46. The third-order valence-corrected chi connectivity index (χ3v) is 6.59. The molecule has 2 aliphatic heterocycles. The van der Waals surface area contributed by atoms with Crippen molar-refractivity contribution in [3.05, 3.63) is 58.2 Å². The largest absolute Gasteiger partial charge is 0.507 e. The highest BCUT2D eigenvalue weighted by Crippen LogP contribution is 2.40. The first-order valence-corrected chi connectivity index (χ1v) is 11.0. The van der Waals surface area contributed by atoms with Gasteiger partial charge in [0.05, 0.1) is 11.6 Å². The van der Waals surface area contributed by atoms with E-state index in [0.717, 1.165) is 55.0 Å². The number of amides is 1. The van der Waals surface area contributed by atoms with Gasteiger partial charge in [0, 0.05) is 42.4 Å². The number of aromatic nitrogens is 2. The summed E-state index contributed by atoms with van der Waals surface area (Å²) in [5.74, 6) is -1.29. The minimum Gasteiger partial charge on any atom is -0.507 e. The fourth-order valence-electron chi connectivity index (χ4n) is 4.83. The van der Waals surface area contributed by atoms with Gasteiger partial charge >= 0.3 is 0 Å². The van der Waals surface area contributed by atoms with Crippen LogP contribution in [0.1, 0.15) is 53.4 Å². The summed E-state index contributed by atoms with van der Waals surface area (Å²) >= 11 is 0. The van der Waals surface area contributed by atoms with Gasteiger partial charge in [-0.15, -0.1) is 0 Å². The van der Waals surface area contributed by atoms with Gasteiger partial charge in [-0.2, -0.15) is 0 Å². The lowest BCUT2D eigenvalue weighted by molar-refractivity contribution is -0.140. The van der Waals surface area contributed by atoms with Crippen LogP contribution in [-0.2, 0) is 9.59 Å². The third-order valence-electron chi connectivity index (χ3n) is 6.59. The van der Waals surface area contributed by atoms with Crippen LogP contribution in [0.4, 0.5) is 0 Å². The van der Waals surface area contributed by atoms with Crippen molar-refractivity contribution in [2.24, 2.45) is 0 Å². The molecular formula is C24H30N4O3. The van der Waals surface area contributed by atoms with Gasteiger partial charge in [0.15, 0.2) is 0 Å². The first kappa shape index (κ1) is 21.3. The van der Waals surface area contributed by atoms with Crippen LogP contribution >= 0.6 is 0 Å². The number of aromatic amines is 1. The normalized spacial score (nSPS) is 21.8. The zero-order valence-electron chi connectivity index (χ0n) is 18.4. The lowest BCUT2D eigenvalue weighted by Gasteiger charge is -2.31. The van der Waals surface area contributed by atoms with Gasteiger partial charge < -0.3 is 19.9 Å². The van der Waals surface area contributed by atoms with E-state index in [1.807, 2.05) is 20.8 Å². The quantitative estimate of drug-likeness (QED) is 0.439. The van der Waals surface area contributed by atoms with Crippen molar-refractivity contribution in [3.63, 3.8) is 0 Å². The highest BCUT2D eigenvalue weighted by atomic mass is 16.3. The number of ketones is 1. The predicted molar refractivity (Wildman–Crippen MR) is 119 cm³/mol. The van der Waals surface area contributed by atoms with Crippen molar-refractivity contribution >= 4 is 17.4 Å². The van der Waals surface area contributed by atoms with E-state index in [2.05, 4.69) is 14.9 Å². The van der Waals surface area contributed by atoms with Gasteiger partial charge in [-0.3, -0.25) is 14.6 Å². The number of nitrogens with one attached hydrogen (secondary N) is 1. The van der Waals surface area contributed by atoms with E-state index in [-0.39, 0.29) is 11.3 Å². The SMILES string of the molecule is Cc1[nH]c(C)c(/C(O)=C2\C(=O)C(=O)N(CCN3CCCCC3)C2c2ccncc2)c1C. The standard InChI is InChI=1S/C24H30N4O3/c1-15-16(2)26-17(3)19(15)22(29)20-21(18-7-9-25-10-8-18)28(24(31)23(20)30)14-13-27-11-5-4-6-12-27/h7-10,21,26,29H,4-6,11-14H2,1-3H3/b22-20+. The minimum absolute atomic E-state index is 0.111. The number of aryl methyl sites for hydroxylation is 2. The van der Waals surface area contributed by atoms with E-state index < -0.39 is 17.7 Å². The minimum atomic E-state index is -0.629. The molecule has 0 bridgehead atoms. The first-order chi connectivity index (χ1) is 14.9. The number of H-pyrrole nitrogens is 1. The van der Waals surface area contributed by atoms with E-state index in [1.165, 1.54) is 6.42 Å². The monoisotopic (exact) mass is 422 g/mol. The van der Waals surface area contributed by atoms with Gasteiger partial charge in [0.2, 0.25) is 0 Å². The number of pyridine rings is 1. The number of piperidine rings is 1. The maximum Gasteiger partial charge on any atom is 0.295 e. The second-order valence-electron chi connectivity index (χ2n) is 8.55. The van der Waals surface area contributed by atoms with Crippen LogP contribution in [-0.4, -0.2) is 62.7 Å². The van der Waals surface area contributed by atoms with E-state index in [0.29, 0.717) is 12.1 Å². The Hall–Kier alpha value is -2.93. The molecule has 7 nitrogen and oxygen atoms in total. The van der Waals surface area contributed by atoms with Gasteiger partial charge in [0.1, 0.15) is 5.76 Å². The molecule has 0 aliphatic carbocycles. The molecule has 0 spiro atoms. The molecule has 4 rings (SSSR count). The molecule has 164 valence electrons. The molecule has 0 radical (unpaired) electrons. The zero-order valence-corrected chi connectivity index (χ0v) is 18.4. The fraction of sp³-hybridized carbons (Fsp3) is 0.458. The number of nitrogens with zero attached hydrogens (tertiary/aromatic N) is 3. The number of carbonyl (C=O) groups excluding carboxylic acids is 2. The Morgan fingerprint density at radius 2 is 1.74 bits per heavy atom. The molecule has 31 heavy (non-hydrogen) atoms. The van der Waals surface area contributed by atoms with Crippen LogP contribution in [0.5, 0.6) is 0 Å². The van der Waals surface area contributed by atoms with Gasteiger partial charge in [-0.25, -0.2) is 0 Å². The van der Waals surface area contributed by atoms with E-state index in [9.17, 15) is 14.7 Å². The molecule has 1 unspecified atom stereocenters. The van der Waals surface area contributed by atoms with Crippen LogP contribution in [0.3, 0.4) is 0 Å². The third kappa shape index (κ3) is 3.90. The van der Waals surface area contributed by atoms with Crippen LogP contribution < -0.4 is 0 Å². The van der Waals surface area contributed by atoms with Crippen LogP contribution in [0.15, 0.2) is 30.1 Å².